The molecule has 2 aromatic carbocycles. The number of hydrogen-bond acceptors (Lipinski definition) is 4. The second-order valence-electron chi connectivity index (χ2n) is 4.51. The van der Waals surface area contributed by atoms with Gasteiger partial charge in [-0.25, -0.2) is 9.37 Å². The highest BCUT2D eigenvalue weighted by Crippen LogP contribution is 2.30. The third-order valence-electron chi connectivity index (χ3n) is 3.00. The molecule has 106 valence electrons. The molecule has 0 atom stereocenters. The van der Waals surface area contributed by atoms with Gasteiger partial charge in [-0.1, -0.05) is 12.1 Å². The molecule has 0 fully saturated rings. The molecular formula is C16H13FN2OS. The van der Waals surface area contributed by atoms with E-state index < -0.39 is 0 Å². The lowest BCUT2D eigenvalue weighted by Crippen LogP contribution is -1.99. The molecule has 0 amide bonds. The Bertz CT molecular complexity index is 727. The molecule has 3 rings (SSSR count). The molecule has 3 nitrogen and oxygen atoms in total. The van der Waals surface area contributed by atoms with Crippen LogP contribution in [0, 0.1) is 5.82 Å². The first-order chi connectivity index (χ1) is 10.2. The minimum absolute atomic E-state index is 0.258. The summed E-state index contributed by atoms with van der Waals surface area (Å²) in [6.07, 6.45) is 1.76. The van der Waals surface area contributed by atoms with Gasteiger partial charge in [0.15, 0.2) is 0 Å². The molecule has 1 aromatic heterocycles. The zero-order valence-corrected chi connectivity index (χ0v) is 11.9. The number of halogens is 1. The van der Waals surface area contributed by atoms with Crippen molar-refractivity contribution in [2.45, 2.75) is 6.61 Å². The molecule has 0 bridgehead atoms. The Balaban J connectivity index is 1.73. The Hall–Kier alpha value is -2.40. The fourth-order valence-corrected chi connectivity index (χ4v) is 2.56. The maximum Gasteiger partial charge on any atom is 0.142 e. The average molecular weight is 300 g/mol. The molecule has 0 aliphatic heterocycles. The summed E-state index contributed by atoms with van der Waals surface area (Å²) in [5.41, 5.74) is 8.43. The summed E-state index contributed by atoms with van der Waals surface area (Å²) >= 11 is 1.56. The van der Waals surface area contributed by atoms with Crippen LogP contribution in [0.4, 0.5) is 10.1 Å². The van der Waals surface area contributed by atoms with Crippen molar-refractivity contribution in [1.82, 2.24) is 4.98 Å². The predicted molar refractivity (Wildman–Crippen MR) is 82.7 cm³/mol. The Labute approximate surface area is 125 Å². The fraction of sp³-hybridized carbons (Fsp3) is 0.0625. The fourth-order valence-electron chi connectivity index (χ4n) is 1.92. The standard InChI is InChI=1S/C16H13FN2OS/c17-13-4-1-11(2-5-13)10-20-15-6-3-12(9-14(15)18)16-19-7-8-21-16/h1-9H,10,18H2. The highest BCUT2D eigenvalue weighted by Gasteiger charge is 2.06. The second kappa shape index (κ2) is 5.93. The molecule has 0 saturated carbocycles. The van der Waals surface area contributed by atoms with E-state index in [2.05, 4.69) is 4.98 Å². The van der Waals surface area contributed by atoms with Crippen molar-refractivity contribution in [2.24, 2.45) is 0 Å². The number of hydrogen-bond donors (Lipinski definition) is 1. The predicted octanol–water partition coefficient (Wildman–Crippen LogP) is 4.11. The lowest BCUT2D eigenvalue weighted by atomic mass is 10.2. The van der Waals surface area contributed by atoms with Gasteiger partial charge in [-0.2, -0.15) is 0 Å². The van der Waals surface area contributed by atoms with Gasteiger partial charge in [0.25, 0.3) is 0 Å². The van der Waals surface area contributed by atoms with Crippen LogP contribution in [0.1, 0.15) is 5.56 Å². The van der Waals surface area contributed by atoms with Gasteiger partial charge in [0.2, 0.25) is 0 Å². The number of nitrogen functional groups attached to an aromatic ring is 1. The smallest absolute Gasteiger partial charge is 0.142 e. The minimum Gasteiger partial charge on any atom is -0.487 e. The van der Waals surface area contributed by atoms with Crippen LogP contribution in [-0.2, 0) is 6.61 Å². The summed E-state index contributed by atoms with van der Waals surface area (Å²) in [5, 5.41) is 2.84. The van der Waals surface area contributed by atoms with Crippen molar-refractivity contribution < 1.29 is 9.13 Å². The molecule has 0 saturated heterocycles. The molecule has 2 N–H and O–H groups in total. The van der Waals surface area contributed by atoms with E-state index in [0.29, 0.717) is 18.0 Å². The molecule has 0 spiro atoms. The van der Waals surface area contributed by atoms with Gasteiger partial charge < -0.3 is 10.5 Å². The van der Waals surface area contributed by atoms with Gasteiger partial charge in [-0.05, 0) is 35.9 Å². The maximum atomic E-state index is 12.8. The minimum atomic E-state index is -0.258. The van der Waals surface area contributed by atoms with Gasteiger partial charge in [0.05, 0.1) is 5.69 Å². The van der Waals surface area contributed by atoms with E-state index in [0.717, 1.165) is 16.1 Å². The lowest BCUT2D eigenvalue weighted by Gasteiger charge is -2.10. The Morgan fingerprint density at radius 3 is 2.62 bits per heavy atom. The number of nitrogens with zero attached hydrogens (tertiary/aromatic N) is 1. The van der Waals surface area contributed by atoms with E-state index in [9.17, 15) is 4.39 Å². The number of benzene rings is 2. The van der Waals surface area contributed by atoms with Crippen LogP contribution in [0.3, 0.4) is 0 Å². The van der Waals surface area contributed by atoms with Crippen LogP contribution in [0.25, 0.3) is 10.6 Å². The number of thiazole rings is 1. The first-order valence-corrected chi connectivity index (χ1v) is 7.27. The van der Waals surface area contributed by atoms with E-state index in [-0.39, 0.29) is 5.82 Å². The molecular weight excluding hydrogens is 287 g/mol. The van der Waals surface area contributed by atoms with Crippen LogP contribution in [-0.4, -0.2) is 4.98 Å². The monoisotopic (exact) mass is 300 g/mol. The van der Waals surface area contributed by atoms with Crippen molar-refractivity contribution in [3.8, 4) is 16.3 Å². The number of anilines is 1. The molecule has 1 heterocycles. The van der Waals surface area contributed by atoms with E-state index >= 15 is 0 Å². The molecule has 21 heavy (non-hydrogen) atoms. The first kappa shape index (κ1) is 13.6. The summed E-state index contributed by atoms with van der Waals surface area (Å²) in [6, 6.07) is 11.8. The van der Waals surface area contributed by atoms with Crippen molar-refractivity contribution in [3.63, 3.8) is 0 Å². The van der Waals surface area contributed by atoms with Crippen molar-refractivity contribution in [2.75, 3.05) is 5.73 Å². The second-order valence-corrected chi connectivity index (χ2v) is 5.40. The van der Waals surface area contributed by atoms with Crippen molar-refractivity contribution >= 4 is 17.0 Å². The van der Waals surface area contributed by atoms with Gasteiger partial charge >= 0.3 is 0 Å². The van der Waals surface area contributed by atoms with Crippen LogP contribution in [0.15, 0.2) is 54.0 Å². The van der Waals surface area contributed by atoms with Gasteiger partial charge in [0.1, 0.15) is 23.2 Å². The third-order valence-corrected chi connectivity index (χ3v) is 3.82. The lowest BCUT2D eigenvalue weighted by molar-refractivity contribution is 0.308. The van der Waals surface area contributed by atoms with Gasteiger partial charge in [-0.15, -0.1) is 11.3 Å². The summed E-state index contributed by atoms with van der Waals surface area (Å²) in [4.78, 5) is 4.25. The quantitative estimate of drug-likeness (QED) is 0.738. The zero-order chi connectivity index (χ0) is 14.7. The van der Waals surface area contributed by atoms with Crippen molar-refractivity contribution in [1.29, 1.82) is 0 Å². The van der Waals surface area contributed by atoms with E-state index in [4.69, 9.17) is 10.5 Å². The summed E-state index contributed by atoms with van der Waals surface area (Å²) in [7, 11) is 0. The van der Waals surface area contributed by atoms with Gasteiger partial charge in [-0.3, -0.25) is 0 Å². The van der Waals surface area contributed by atoms with Crippen LogP contribution >= 0.6 is 11.3 Å². The first-order valence-electron chi connectivity index (χ1n) is 6.39. The summed E-state index contributed by atoms with van der Waals surface area (Å²) in [5.74, 6) is 0.352. The van der Waals surface area contributed by atoms with Crippen LogP contribution in [0.2, 0.25) is 0 Å². The summed E-state index contributed by atoms with van der Waals surface area (Å²) in [6.45, 7) is 0.348. The van der Waals surface area contributed by atoms with E-state index in [1.54, 1.807) is 29.7 Å². The number of nitrogens with two attached hydrogens (primary N) is 1. The molecule has 3 aromatic rings. The van der Waals surface area contributed by atoms with Crippen LogP contribution < -0.4 is 10.5 Å². The maximum absolute atomic E-state index is 12.8. The van der Waals surface area contributed by atoms with E-state index in [1.165, 1.54) is 12.1 Å². The number of aromatic nitrogens is 1. The average Bonchev–Trinajstić information content (AvgIpc) is 3.02. The molecule has 0 aliphatic rings. The molecule has 5 heteroatoms. The Morgan fingerprint density at radius 1 is 1.14 bits per heavy atom. The zero-order valence-electron chi connectivity index (χ0n) is 11.1. The number of rotatable bonds is 4. The summed E-state index contributed by atoms with van der Waals surface area (Å²) < 4.78 is 18.5. The van der Waals surface area contributed by atoms with Gasteiger partial charge in [0, 0.05) is 17.1 Å². The highest BCUT2D eigenvalue weighted by molar-refractivity contribution is 7.13. The molecule has 0 aliphatic carbocycles. The SMILES string of the molecule is Nc1cc(-c2nccs2)ccc1OCc1ccc(F)cc1. The molecule has 0 unspecified atom stereocenters. The normalized spacial score (nSPS) is 10.5. The Morgan fingerprint density at radius 2 is 1.95 bits per heavy atom. The van der Waals surface area contributed by atoms with Crippen molar-refractivity contribution in [3.05, 3.63) is 65.4 Å². The third kappa shape index (κ3) is 3.20. The Kier molecular flexibility index (Phi) is 3.83. The van der Waals surface area contributed by atoms with Crippen LogP contribution in [0.5, 0.6) is 5.75 Å². The largest absolute Gasteiger partial charge is 0.487 e. The topological polar surface area (TPSA) is 48.1 Å². The van der Waals surface area contributed by atoms with E-state index in [1.807, 2.05) is 23.6 Å². The number of ether oxygens (including phenoxy) is 1. The highest BCUT2D eigenvalue weighted by atomic mass is 32.1. The molecule has 0 radical (unpaired) electrons.